The summed E-state index contributed by atoms with van der Waals surface area (Å²) in [5, 5.41) is 10.8. The maximum Gasteiger partial charge on any atom is 0.410 e. The molecule has 29 heavy (non-hydrogen) atoms. The number of amides is 1. The number of sulfonamides is 1. The van der Waals surface area contributed by atoms with Crippen LogP contribution in [0.25, 0.3) is 10.8 Å². The number of carboxylic acid groups (broad SMARTS) is 1. The fourth-order valence-corrected chi connectivity index (χ4v) is 4.97. The quantitative estimate of drug-likeness (QED) is 0.805. The summed E-state index contributed by atoms with van der Waals surface area (Å²) in [6, 6.07) is 4.92. The first-order valence-corrected chi connectivity index (χ1v) is 10.5. The van der Waals surface area contributed by atoms with Gasteiger partial charge in [0, 0.05) is 36.3 Å². The first-order chi connectivity index (χ1) is 13.5. The Morgan fingerprint density at radius 3 is 2.59 bits per heavy atom. The highest BCUT2D eigenvalue weighted by Crippen LogP contribution is 2.28. The highest BCUT2D eigenvalue weighted by Gasteiger charge is 2.42. The molecule has 10 heteroatoms. The van der Waals surface area contributed by atoms with E-state index in [1.807, 2.05) is 0 Å². The minimum absolute atomic E-state index is 0.00867. The molecule has 1 unspecified atom stereocenters. The van der Waals surface area contributed by atoms with Gasteiger partial charge < -0.3 is 14.7 Å². The summed E-state index contributed by atoms with van der Waals surface area (Å²) in [5.74, 6) is -1.33. The van der Waals surface area contributed by atoms with Gasteiger partial charge in [-0.15, -0.1) is 0 Å². The van der Waals surface area contributed by atoms with Crippen LogP contribution in [0, 0.1) is 0 Å². The molecule has 1 atom stereocenters. The summed E-state index contributed by atoms with van der Waals surface area (Å²) in [5.41, 5.74) is -0.740. The highest BCUT2D eigenvalue weighted by atomic mass is 32.2. The Bertz CT molecular complexity index is 1040. The van der Waals surface area contributed by atoms with Gasteiger partial charge in [0.15, 0.2) is 0 Å². The summed E-state index contributed by atoms with van der Waals surface area (Å²) >= 11 is 0. The predicted molar refractivity (Wildman–Crippen MR) is 105 cm³/mol. The number of aliphatic carboxylic acids is 1. The van der Waals surface area contributed by atoms with E-state index in [9.17, 15) is 23.1 Å². The van der Waals surface area contributed by atoms with Crippen LogP contribution >= 0.6 is 0 Å². The van der Waals surface area contributed by atoms with E-state index in [2.05, 4.69) is 4.98 Å². The average molecular weight is 421 g/mol. The molecule has 2 heterocycles. The Morgan fingerprint density at radius 2 is 1.93 bits per heavy atom. The number of aromatic nitrogens is 1. The van der Waals surface area contributed by atoms with Crippen LogP contribution in [-0.4, -0.2) is 71.1 Å². The van der Waals surface area contributed by atoms with Crippen molar-refractivity contribution in [2.24, 2.45) is 0 Å². The second kappa shape index (κ2) is 7.60. The average Bonchev–Trinajstić information content (AvgIpc) is 2.65. The Hall–Kier alpha value is -2.72. The lowest BCUT2D eigenvalue weighted by atomic mass is 10.2. The van der Waals surface area contributed by atoms with Crippen molar-refractivity contribution >= 4 is 32.9 Å². The fraction of sp³-hybridized carbons (Fsp3) is 0.421. The molecule has 9 nitrogen and oxygen atoms in total. The number of pyridine rings is 1. The standard InChI is InChI=1S/C19H23N3O6S/c1-19(2,3)28-18(25)21-9-10-22(15(12-21)17(23)24)29(26,27)16-6-4-5-13-11-20-8-7-14(13)16/h4-8,11,15H,9-10,12H2,1-3H3,(H,23,24). The van der Waals surface area contributed by atoms with Gasteiger partial charge in [-0.3, -0.25) is 9.78 Å². The van der Waals surface area contributed by atoms with Gasteiger partial charge in [-0.2, -0.15) is 4.31 Å². The van der Waals surface area contributed by atoms with Gasteiger partial charge in [0.05, 0.1) is 11.4 Å². The highest BCUT2D eigenvalue weighted by molar-refractivity contribution is 7.89. The smallest absolute Gasteiger partial charge is 0.410 e. The number of carbonyl (C=O) groups excluding carboxylic acids is 1. The SMILES string of the molecule is CC(C)(C)OC(=O)N1CCN(S(=O)(=O)c2cccc3cnccc23)C(C(=O)O)C1. The molecule has 1 amide bonds. The van der Waals surface area contributed by atoms with Crippen molar-refractivity contribution in [1.29, 1.82) is 0 Å². The van der Waals surface area contributed by atoms with Gasteiger partial charge in [-0.25, -0.2) is 13.2 Å². The molecule has 0 bridgehead atoms. The Balaban J connectivity index is 1.93. The van der Waals surface area contributed by atoms with Gasteiger partial charge in [-0.1, -0.05) is 12.1 Å². The Morgan fingerprint density at radius 1 is 1.21 bits per heavy atom. The third-order valence-corrected chi connectivity index (χ3v) is 6.46. The zero-order valence-corrected chi connectivity index (χ0v) is 17.2. The number of rotatable bonds is 3. The van der Waals surface area contributed by atoms with Gasteiger partial charge >= 0.3 is 12.1 Å². The van der Waals surface area contributed by atoms with Crippen LogP contribution in [0.2, 0.25) is 0 Å². The van der Waals surface area contributed by atoms with Crippen molar-refractivity contribution in [3.63, 3.8) is 0 Å². The number of carbonyl (C=O) groups is 2. The predicted octanol–water partition coefficient (Wildman–Crippen LogP) is 1.93. The number of carboxylic acids is 1. The molecule has 2 aromatic rings. The van der Waals surface area contributed by atoms with E-state index < -0.39 is 33.7 Å². The number of nitrogens with zero attached hydrogens (tertiary/aromatic N) is 3. The third kappa shape index (κ3) is 4.33. The number of benzene rings is 1. The maximum atomic E-state index is 13.3. The minimum Gasteiger partial charge on any atom is -0.480 e. The molecule has 3 rings (SSSR count). The van der Waals surface area contributed by atoms with Crippen LogP contribution < -0.4 is 0 Å². The van der Waals surface area contributed by atoms with E-state index in [-0.39, 0.29) is 24.5 Å². The molecule has 1 aliphatic rings. The van der Waals surface area contributed by atoms with E-state index in [1.54, 1.807) is 45.2 Å². The number of fused-ring (bicyclic) bond motifs is 1. The van der Waals surface area contributed by atoms with E-state index >= 15 is 0 Å². The minimum atomic E-state index is -4.12. The third-order valence-electron chi connectivity index (χ3n) is 4.50. The lowest BCUT2D eigenvalue weighted by Crippen LogP contribution is -2.59. The molecule has 1 N–H and O–H groups in total. The molecule has 1 aromatic heterocycles. The van der Waals surface area contributed by atoms with Crippen LogP contribution in [-0.2, 0) is 19.6 Å². The van der Waals surface area contributed by atoms with Crippen LogP contribution in [0.3, 0.4) is 0 Å². The first kappa shape index (κ1) is 21.0. The summed E-state index contributed by atoms with van der Waals surface area (Å²) in [6.07, 6.45) is 2.36. The Labute approximate surface area is 168 Å². The van der Waals surface area contributed by atoms with E-state index in [1.165, 1.54) is 17.2 Å². The van der Waals surface area contributed by atoms with Gasteiger partial charge in [-0.05, 0) is 32.9 Å². The molecular formula is C19H23N3O6S. The van der Waals surface area contributed by atoms with Crippen molar-refractivity contribution in [3.05, 3.63) is 36.7 Å². The number of hydrogen-bond acceptors (Lipinski definition) is 6. The zero-order valence-electron chi connectivity index (χ0n) is 16.4. The molecule has 156 valence electrons. The van der Waals surface area contributed by atoms with Crippen molar-refractivity contribution in [2.45, 2.75) is 37.3 Å². The monoisotopic (exact) mass is 421 g/mol. The van der Waals surface area contributed by atoms with Crippen molar-refractivity contribution < 1.29 is 27.9 Å². The van der Waals surface area contributed by atoms with Crippen LogP contribution in [0.4, 0.5) is 4.79 Å². The lowest BCUT2D eigenvalue weighted by molar-refractivity contribution is -0.143. The summed E-state index contributed by atoms with van der Waals surface area (Å²) in [7, 11) is -4.12. The topological polar surface area (TPSA) is 117 Å². The Kier molecular flexibility index (Phi) is 5.50. The summed E-state index contributed by atoms with van der Waals surface area (Å²) in [4.78, 5) is 29.4. The second-order valence-corrected chi connectivity index (χ2v) is 9.61. The van der Waals surface area contributed by atoms with Gasteiger partial charge in [0.1, 0.15) is 11.6 Å². The zero-order chi connectivity index (χ0) is 21.4. The summed E-state index contributed by atoms with van der Waals surface area (Å²) < 4.78 is 32.9. The maximum absolute atomic E-state index is 13.3. The fourth-order valence-electron chi connectivity index (χ4n) is 3.19. The van der Waals surface area contributed by atoms with Crippen molar-refractivity contribution in [1.82, 2.24) is 14.2 Å². The first-order valence-electron chi connectivity index (χ1n) is 9.06. The van der Waals surface area contributed by atoms with Crippen LogP contribution in [0.5, 0.6) is 0 Å². The number of hydrogen-bond donors (Lipinski definition) is 1. The molecular weight excluding hydrogens is 398 g/mol. The van der Waals surface area contributed by atoms with Crippen LogP contribution in [0.1, 0.15) is 20.8 Å². The molecule has 0 saturated carbocycles. The molecule has 1 saturated heterocycles. The van der Waals surface area contributed by atoms with Crippen molar-refractivity contribution in [2.75, 3.05) is 19.6 Å². The largest absolute Gasteiger partial charge is 0.480 e. The van der Waals surface area contributed by atoms with Gasteiger partial charge in [0.2, 0.25) is 10.0 Å². The second-order valence-electron chi connectivity index (χ2n) is 7.75. The summed E-state index contributed by atoms with van der Waals surface area (Å²) in [6.45, 7) is 4.70. The van der Waals surface area contributed by atoms with Crippen molar-refractivity contribution in [3.8, 4) is 0 Å². The van der Waals surface area contributed by atoms with E-state index in [4.69, 9.17) is 4.74 Å². The van der Waals surface area contributed by atoms with Crippen LogP contribution in [0.15, 0.2) is 41.6 Å². The lowest BCUT2D eigenvalue weighted by Gasteiger charge is -2.38. The molecule has 0 aliphatic carbocycles. The molecule has 1 fully saturated rings. The molecule has 0 spiro atoms. The molecule has 1 aromatic carbocycles. The van der Waals surface area contributed by atoms with E-state index in [0.717, 1.165) is 4.31 Å². The number of piperazine rings is 1. The normalized spacial score (nSPS) is 18.6. The molecule has 0 radical (unpaired) electrons. The van der Waals surface area contributed by atoms with E-state index in [0.29, 0.717) is 10.8 Å². The number of ether oxygens (including phenoxy) is 1. The van der Waals surface area contributed by atoms with Gasteiger partial charge in [0.25, 0.3) is 0 Å². The molecule has 1 aliphatic heterocycles.